The summed E-state index contributed by atoms with van der Waals surface area (Å²) in [7, 11) is 0. The zero-order valence-corrected chi connectivity index (χ0v) is 13.4. The maximum absolute atomic E-state index is 12.3. The fourth-order valence-corrected chi connectivity index (χ4v) is 2.81. The number of hydrogen-bond donors (Lipinski definition) is 2. The van der Waals surface area contributed by atoms with E-state index in [4.69, 9.17) is 16.3 Å². The van der Waals surface area contributed by atoms with Gasteiger partial charge in [-0.3, -0.25) is 14.5 Å². The highest BCUT2D eigenvalue weighted by Crippen LogP contribution is 2.22. The van der Waals surface area contributed by atoms with Gasteiger partial charge in [-0.05, 0) is 12.1 Å². The van der Waals surface area contributed by atoms with E-state index < -0.39 is 11.7 Å². The molecule has 0 bridgehead atoms. The molecule has 6 nitrogen and oxygen atoms in total. The van der Waals surface area contributed by atoms with E-state index in [0.717, 1.165) is 18.6 Å². The molecule has 0 atom stereocenters. The average Bonchev–Trinajstić information content (AvgIpc) is 2.98. The summed E-state index contributed by atoms with van der Waals surface area (Å²) in [5.74, 6) is -1.13. The Balaban J connectivity index is 1.59. The third kappa shape index (κ3) is 3.72. The van der Waals surface area contributed by atoms with Crippen LogP contribution in [0.5, 0.6) is 0 Å². The van der Waals surface area contributed by atoms with Gasteiger partial charge in [-0.2, -0.15) is 0 Å². The van der Waals surface area contributed by atoms with Crippen LogP contribution in [0.15, 0.2) is 24.4 Å². The van der Waals surface area contributed by atoms with Crippen LogP contribution in [-0.4, -0.2) is 61.0 Å². The average molecular weight is 336 g/mol. The fourth-order valence-electron chi connectivity index (χ4n) is 2.64. The first-order valence-corrected chi connectivity index (χ1v) is 7.92. The lowest BCUT2D eigenvalue weighted by Gasteiger charge is -2.26. The normalized spacial score (nSPS) is 15.7. The van der Waals surface area contributed by atoms with Crippen molar-refractivity contribution in [2.75, 3.05) is 39.4 Å². The van der Waals surface area contributed by atoms with Crippen LogP contribution in [0, 0.1) is 0 Å². The number of morpholine rings is 1. The number of halogens is 1. The maximum atomic E-state index is 12.3. The summed E-state index contributed by atoms with van der Waals surface area (Å²) < 4.78 is 5.27. The monoisotopic (exact) mass is 335 g/mol. The molecule has 1 aliphatic heterocycles. The molecule has 122 valence electrons. The molecule has 2 N–H and O–H groups in total. The highest BCUT2D eigenvalue weighted by Gasteiger charge is 2.20. The minimum absolute atomic E-state index is 0.362. The smallest absolute Gasteiger partial charge is 0.292 e. The Hall–Kier alpha value is -1.89. The second-order valence-corrected chi connectivity index (χ2v) is 5.87. The van der Waals surface area contributed by atoms with Gasteiger partial charge in [0.25, 0.3) is 11.7 Å². The number of Topliss-reactive ketones (excluding diaryl/α,β-unsaturated/α-hetero) is 1. The Morgan fingerprint density at radius 2 is 2.09 bits per heavy atom. The number of ketones is 1. The molecule has 2 aromatic rings. The van der Waals surface area contributed by atoms with E-state index in [9.17, 15) is 9.59 Å². The zero-order valence-electron chi connectivity index (χ0n) is 12.6. The van der Waals surface area contributed by atoms with Crippen molar-refractivity contribution in [2.24, 2.45) is 0 Å². The van der Waals surface area contributed by atoms with E-state index in [1.807, 2.05) is 0 Å². The van der Waals surface area contributed by atoms with Crippen molar-refractivity contribution < 1.29 is 14.3 Å². The first-order chi connectivity index (χ1) is 11.1. The van der Waals surface area contributed by atoms with Gasteiger partial charge < -0.3 is 15.0 Å². The van der Waals surface area contributed by atoms with Gasteiger partial charge in [0.2, 0.25) is 0 Å². The second-order valence-electron chi connectivity index (χ2n) is 5.43. The number of H-pyrrole nitrogens is 1. The molecule has 0 saturated carbocycles. The molecule has 0 unspecified atom stereocenters. The summed E-state index contributed by atoms with van der Waals surface area (Å²) in [5, 5.41) is 3.96. The number of amides is 1. The van der Waals surface area contributed by atoms with E-state index in [1.165, 1.54) is 0 Å². The van der Waals surface area contributed by atoms with Gasteiger partial charge in [0, 0.05) is 48.3 Å². The molecule has 0 aliphatic carbocycles. The molecule has 1 saturated heterocycles. The predicted octanol–water partition coefficient (Wildman–Crippen LogP) is 1.45. The maximum Gasteiger partial charge on any atom is 0.292 e. The molecule has 1 aromatic heterocycles. The number of carbonyl (C=O) groups excluding carboxylic acids is 2. The Morgan fingerprint density at radius 1 is 1.30 bits per heavy atom. The Bertz CT molecular complexity index is 722. The van der Waals surface area contributed by atoms with Crippen LogP contribution in [0.2, 0.25) is 5.02 Å². The molecule has 23 heavy (non-hydrogen) atoms. The van der Waals surface area contributed by atoms with Crippen LogP contribution in [0.1, 0.15) is 10.4 Å². The van der Waals surface area contributed by atoms with Crippen molar-refractivity contribution >= 4 is 34.2 Å². The van der Waals surface area contributed by atoms with Gasteiger partial charge in [-0.25, -0.2) is 0 Å². The number of fused-ring (bicyclic) bond motifs is 1. The van der Waals surface area contributed by atoms with E-state index >= 15 is 0 Å². The first-order valence-electron chi connectivity index (χ1n) is 7.54. The lowest BCUT2D eigenvalue weighted by Crippen LogP contribution is -2.42. The lowest BCUT2D eigenvalue weighted by atomic mass is 10.1. The van der Waals surface area contributed by atoms with Crippen LogP contribution in [0.4, 0.5) is 0 Å². The summed E-state index contributed by atoms with van der Waals surface area (Å²) in [6, 6.07) is 5.16. The van der Waals surface area contributed by atoms with E-state index in [-0.39, 0.29) is 0 Å². The van der Waals surface area contributed by atoms with Gasteiger partial charge >= 0.3 is 0 Å². The Labute approximate surface area is 138 Å². The number of aromatic nitrogens is 1. The molecule has 1 aromatic carbocycles. The minimum Gasteiger partial charge on any atom is -0.379 e. The minimum atomic E-state index is -0.589. The van der Waals surface area contributed by atoms with Crippen molar-refractivity contribution in [3.63, 3.8) is 0 Å². The van der Waals surface area contributed by atoms with Crippen LogP contribution < -0.4 is 5.32 Å². The van der Waals surface area contributed by atoms with Crippen LogP contribution >= 0.6 is 11.6 Å². The van der Waals surface area contributed by atoms with Gasteiger partial charge in [0.1, 0.15) is 0 Å². The van der Waals surface area contributed by atoms with Gasteiger partial charge in [0.15, 0.2) is 0 Å². The molecule has 1 aliphatic rings. The number of hydrogen-bond acceptors (Lipinski definition) is 4. The van der Waals surface area contributed by atoms with Crippen molar-refractivity contribution in [1.82, 2.24) is 15.2 Å². The quantitative estimate of drug-likeness (QED) is 0.640. The van der Waals surface area contributed by atoms with Gasteiger partial charge in [-0.1, -0.05) is 17.7 Å². The molecule has 0 radical (unpaired) electrons. The second kappa shape index (κ2) is 7.12. The number of nitrogens with zero attached hydrogens (tertiary/aromatic N) is 1. The zero-order chi connectivity index (χ0) is 16.2. The number of carbonyl (C=O) groups is 2. The van der Waals surface area contributed by atoms with Crippen LogP contribution in [0.25, 0.3) is 10.9 Å². The van der Waals surface area contributed by atoms with Gasteiger partial charge in [0.05, 0.1) is 18.8 Å². The van der Waals surface area contributed by atoms with Crippen LogP contribution in [0.3, 0.4) is 0 Å². The molecule has 2 heterocycles. The summed E-state index contributed by atoms with van der Waals surface area (Å²) in [6.45, 7) is 4.29. The summed E-state index contributed by atoms with van der Waals surface area (Å²) >= 11 is 5.91. The Kier molecular flexibility index (Phi) is 4.95. The third-order valence-electron chi connectivity index (χ3n) is 3.91. The number of ether oxygens (including phenoxy) is 1. The van der Waals surface area contributed by atoms with E-state index in [0.29, 0.717) is 42.3 Å². The molecular formula is C16H18ClN3O3. The van der Waals surface area contributed by atoms with Crippen molar-refractivity contribution in [3.8, 4) is 0 Å². The molecule has 7 heteroatoms. The highest BCUT2D eigenvalue weighted by molar-refractivity contribution is 6.45. The number of nitrogens with one attached hydrogen (secondary N) is 2. The fraction of sp³-hybridized carbons (Fsp3) is 0.375. The number of benzene rings is 1. The summed E-state index contributed by atoms with van der Waals surface area (Å²) in [5.41, 5.74) is 1.10. The molecule has 3 rings (SSSR count). The van der Waals surface area contributed by atoms with E-state index in [2.05, 4.69) is 15.2 Å². The van der Waals surface area contributed by atoms with Crippen molar-refractivity contribution in [2.45, 2.75) is 0 Å². The standard InChI is InChI=1S/C16H18ClN3O3/c17-11-1-2-12-13(10-19-14(12)9-11)15(21)16(22)18-3-4-20-5-7-23-8-6-20/h1-2,9-10,19H,3-8H2,(H,18,22). The van der Waals surface area contributed by atoms with Crippen LogP contribution in [-0.2, 0) is 9.53 Å². The SMILES string of the molecule is O=C(NCCN1CCOCC1)C(=O)c1c[nH]c2cc(Cl)ccc12. The highest BCUT2D eigenvalue weighted by atomic mass is 35.5. The molecule has 1 amide bonds. The number of rotatable bonds is 5. The summed E-state index contributed by atoms with van der Waals surface area (Å²) in [4.78, 5) is 29.5. The topological polar surface area (TPSA) is 74.4 Å². The summed E-state index contributed by atoms with van der Waals surface area (Å²) in [6.07, 6.45) is 1.55. The van der Waals surface area contributed by atoms with Crippen molar-refractivity contribution in [3.05, 3.63) is 35.0 Å². The first kappa shape index (κ1) is 16.0. The Morgan fingerprint density at radius 3 is 2.87 bits per heavy atom. The molecule has 0 spiro atoms. The number of aromatic amines is 1. The van der Waals surface area contributed by atoms with Gasteiger partial charge in [-0.15, -0.1) is 0 Å². The molecular weight excluding hydrogens is 318 g/mol. The predicted molar refractivity (Wildman–Crippen MR) is 87.9 cm³/mol. The lowest BCUT2D eigenvalue weighted by molar-refractivity contribution is -0.117. The van der Waals surface area contributed by atoms with Crippen molar-refractivity contribution in [1.29, 1.82) is 0 Å². The molecule has 1 fully saturated rings. The van der Waals surface area contributed by atoms with E-state index in [1.54, 1.807) is 24.4 Å². The third-order valence-corrected chi connectivity index (χ3v) is 4.15. The largest absolute Gasteiger partial charge is 0.379 e.